The van der Waals surface area contributed by atoms with E-state index in [0.717, 1.165) is 39.0 Å². The maximum atomic E-state index is 12.6. The van der Waals surface area contributed by atoms with Crippen molar-refractivity contribution in [3.8, 4) is 22.6 Å². The van der Waals surface area contributed by atoms with Crippen LogP contribution in [-0.2, 0) is 11.2 Å². The lowest BCUT2D eigenvalue weighted by atomic mass is 10.1. The first kappa shape index (κ1) is 19.8. The first-order valence-electron chi connectivity index (χ1n) is 10.8. The second kappa shape index (κ2) is 8.25. The lowest BCUT2D eigenvalue weighted by molar-refractivity contribution is -0.115. The lowest BCUT2D eigenvalue weighted by Crippen LogP contribution is -2.14. The van der Waals surface area contributed by atoms with Crippen LogP contribution in [0.2, 0.25) is 0 Å². The van der Waals surface area contributed by atoms with E-state index in [0.29, 0.717) is 17.9 Å². The third-order valence-corrected chi connectivity index (χ3v) is 5.67. The number of H-pyrrole nitrogens is 1. The van der Waals surface area contributed by atoms with Gasteiger partial charge >= 0.3 is 0 Å². The molecule has 0 unspecified atom stereocenters. The smallest absolute Gasteiger partial charge is 0.228 e. The third-order valence-electron chi connectivity index (χ3n) is 5.67. The molecule has 4 heterocycles. The summed E-state index contributed by atoms with van der Waals surface area (Å²) in [5.41, 5.74) is 5.92. The normalized spacial score (nSPS) is 11.2. The van der Waals surface area contributed by atoms with E-state index in [1.165, 1.54) is 0 Å². The zero-order valence-corrected chi connectivity index (χ0v) is 18.0. The molecular formula is C26H19N7O. The molecule has 0 radical (unpaired) electrons. The Morgan fingerprint density at radius 1 is 0.912 bits per heavy atom. The Bertz CT molecular complexity index is 1620. The van der Waals surface area contributed by atoms with Crippen molar-refractivity contribution in [3.63, 3.8) is 0 Å². The number of nitrogens with zero attached hydrogens (tertiary/aromatic N) is 5. The van der Waals surface area contributed by atoms with Gasteiger partial charge in [0.25, 0.3) is 0 Å². The molecule has 0 bridgehead atoms. The Balaban J connectivity index is 1.21. The van der Waals surface area contributed by atoms with Gasteiger partial charge < -0.3 is 10.3 Å². The summed E-state index contributed by atoms with van der Waals surface area (Å²) in [6.45, 7) is 0. The van der Waals surface area contributed by atoms with Crippen LogP contribution < -0.4 is 5.32 Å². The van der Waals surface area contributed by atoms with Gasteiger partial charge in [-0.15, -0.1) is 10.2 Å². The van der Waals surface area contributed by atoms with Crippen LogP contribution in [0.1, 0.15) is 5.56 Å². The topological polar surface area (TPSA) is 101 Å². The van der Waals surface area contributed by atoms with E-state index in [1.807, 2.05) is 79.0 Å². The maximum absolute atomic E-state index is 12.6. The summed E-state index contributed by atoms with van der Waals surface area (Å²) in [7, 11) is 0. The van der Waals surface area contributed by atoms with Crippen molar-refractivity contribution in [3.05, 3.63) is 97.0 Å². The molecule has 0 aliphatic carbocycles. The largest absolute Gasteiger partial charge is 0.361 e. The van der Waals surface area contributed by atoms with Crippen LogP contribution in [0.5, 0.6) is 0 Å². The maximum Gasteiger partial charge on any atom is 0.228 e. The minimum Gasteiger partial charge on any atom is -0.361 e. The summed E-state index contributed by atoms with van der Waals surface area (Å²) in [5.74, 6) is 0.564. The third kappa shape index (κ3) is 3.67. The molecule has 6 rings (SSSR count). The highest BCUT2D eigenvalue weighted by Gasteiger charge is 2.12. The van der Waals surface area contributed by atoms with Crippen LogP contribution >= 0.6 is 0 Å². The molecule has 0 spiro atoms. The van der Waals surface area contributed by atoms with E-state index in [1.54, 1.807) is 16.9 Å². The second-order valence-electron chi connectivity index (χ2n) is 7.92. The van der Waals surface area contributed by atoms with Crippen LogP contribution in [-0.4, -0.2) is 35.7 Å². The van der Waals surface area contributed by atoms with Gasteiger partial charge in [-0.25, -0.2) is 0 Å². The highest BCUT2D eigenvalue weighted by atomic mass is 16.1. The number of nitrogens with one attached hydrogen (secondary N) is 2. The molecule has 34 heavy (non-hydrogen) atoms. The molecule has 0 saturated heterocycles. The van der Waals surface area contributed by atoms with Crippen molar-refractivity contribution >= 4 is 28.1 Å². The van der Waals surface area contributed by atoms with Crippen molar-refractivity contribution in [2.75, 3.05) is 5.32 Å². The van der Waals surface area contributed by atoms with Gasteiger partial charge in [-0.3, -0.25) is 9.78 Å². The molecule has 4 aromatic heterocycles. The minimum absolute atomic E-state index is 0.0670. The van der Waals surface area contributed by atoms with E-state index in [9.17, 15) is 4.79 Å². The summed E-state index contributed by atoms with van der Waals surface area (Å²) in [4.78, 5) is 20.0. The average Bonchev–Trinajstić information content (AvgIpc) is 3.49. The van der Waals surface area contributed by atoms with Crippen molar-refractivity contribution in [1.29, 1.82) is 0 Å². The number of hydrogen-bond acceptors (Lipinski definition) is 5. The zero-order valence-electron chi connectivity index (χ0n) is 18.0. The number of rotatable bonds is 5. The van der Waals surface area contributed by atoms with Crippen LogP contribution in [0.15, 0.2) is 91.4 Å². The highest BCUT2D eigenvalue weighted by molar-refractivity contribution is 5.95. The molecule has 8 heteroatoms. The number of fused-ring (bicyclic) bond motifs is 2. The zero-order chi connectivity index (χ0) is 22.9. The number of hydrogen-bond donors (Lipinski definition) is 2. The van der Waals surface area contributed by atoms with Crippen LogP contribution in [0.3, 0.4) is 0 Å². The predicted molar refractivity (Wildman–Crippen MR) is 130 cm³/mol. The fourth-order valence-corrected chi connectivity index (χ4v) is 4.00. The van der Waals surface area contributed by atoms with Gasteiger partial charge in [0.1, 0.15) is 0 Å². The van der Waals surface area contributed by atoms with E-state index < -0.39 is 0 Å². The van der Waals surface area contributed by atoms with Crippen molar-refractivity contribution in [1.82, 2.24) is 29.8 Å². The highest BCUT2D eigenvalue weighted by Crippen LogP contribution is 2.23. The first-order chi connectivity index (χ1) is 16.7. The van der Waals surface area contributed by atoms with Gasteiger partial charge in [-0.1, -0.05) is 30.3 Å². The molecule has 0 aliphatic rings. The molecule has 6 aromatic rings. The Labute approximate surface area is 194 Å². The molecule has 0 saturated carbocycles. The fraction of sp³-hybridized carbons (Fsp3) is 0.0385. The quantitative estimate of drug-likeness (QED) is 0.406. The Hall–Kier alpha value is -4.85. The Morgan fingerprint density at radius 3 is 2.65 bits per heavy atom. The average molecular weight is 445 g/mol. The SMILES string of the molecule is O=C(Cc1c[nH]c2ccccc12)Nc1ccc(-c2ccc3nnc(-c4cccnc4)n3n2)cc1. The van der Waals surface area contributed by atoms with E-state index in [4.69, 9.17) is 5.10 Å². The summed E-state index contributed by atoms with van der Waals surface area (Å²) < 4.78 is 1.71. The van der Waals surface area contributed by atoms with Gasteiger partial charge in [0.2, 0.25) is 5.91 Å². The summed E-state index contributed by atoms with van der Waals surface area (Å²) in [6, 6.07) is 23.1. The molecule has 0 fully saturated rings. The van der Waals surface area contributed by atoms with Gasteiger partial charge in [0.05, 0.1) is 12.1 Å². The number of pyridine rings is 1. The number of benzene rings is 2. The molecule has 164 valence electrons. The first-order valence-corrected chi connectivity index (χ1v) is 10.8. The number of amides is 1. The van der Waals surface area contributed by atoms with Crippen molar-refractivity contribution in [2.24, 2.45) is 0 Å². The molecular weight excluding hydrogens is 426 g/mol. The van der Waals surface area contributed by atoms with E-state index >= 15 is 0 Å². The molecule has 8 nitrogen and oxygen atoms in total. The second-order valence-corrected chi connectivity index (χ2v) is 7.92. The van der Waals surface area contributed by atoms with Crippen molar-refractivity contribution < 1.29 is 4.79 Å². The Kier molecular flexibility index (Phi) is 4.81. The lowest BCUT2D eigenvalue weighted by Gasteiger charge is -2.07. The van der Waals surface area contributed by atoms with Gasteiger partial charge in [0, 0.05) is 46.3 Å². The van der Waals surface area contributed by atoms with E-state index in [-0.39, 0.29) is 5.91 Å². The molecule has 0 aliphatic heterocycles. The predicted octanol–water partition coefficient (Wildman–Crippen LogP) is 4.52. The van der Waals surface area contributed by atoms with Crippen LogP contribution in [0, 0.1) is 0 Å². The Morgan fingerprint density at radius 2 is 1.79 bits per heavy atom. The fourth-order valence-electron chi connectivity index (χ4n) is 4.00. The van der Waals surface area contributed by atoms with Crippen LogP contribution in [0.25, 0.3) is 39.2 Å². The number of carbonyl (C=O) groups excluding carboxylic acids is 1. The van der Waals surface area contributed by atoms with Gasteiger partial charge in [-0.05, 0) is 48.0 Å². The molecule has 0 atom stereocenters. The summed E-state index contributed by atoms with van der Waals surface area (Å²) in [6.07, 6.45) is 5.64. The van der Waals surface area contributed by atoms with Gasteiger partial charge in [-0.2, -0.15) is 9.61 Å². The number of aromatic nitrogens is 6. The minimum atomic E-state index is -0.0670. The number of aromatic amines is 1. The van der Waals surface area contributed by atoms with Crippen molar-refractivity contribution in [2.45, 2.75) is 6.42 Å². The molecule has 2 N–H and O–H groups in total. The standard InChI is InChI=1S/C26H19N7O/c34-25(14-19-16-28-23-6-2-1-5-21(19)23)29-20-9-7-17(8-10-20)22-11-12-24-30-31-26(33(24)32-22)18-4-3-13-27-15-18/h1-13,15-16,28H,14H2,(H,29,34). The number of para-hydroxylation sites is 1. The van der Waals surface area contributed by atoms with Crippen LogP contribution in [0.4, 0.5) is 5.69 Å². The molecule has 1 amide bonds. The summed E-state index contributed by atoms with van der Waals surface area (Å²) in [5, 5.41) is 17.2. The number of carbonyl (C=O) groups is 1. The monoisotopic (exact) mass is 445 g/mol. The van der Waals surface area contributed by atoms with Gasteiger partial charge in [0.15, 0.2) is 11.5 Å². The van der Waals surface area contributed by atoms with E-state index in [2.05, 4.69) is 25.5 Å². The summed E-state index contributed by atoms with van der Waals surface area (Å²) >= 11 is 0. The number of anilines is 1. The molecule has 2 aromatic carbocycles.